The van der Waals surface area contributed by atoms with Gasteiger partial charge in [0.25, 0.3) is 0 Å². The maximum absolute atomic E-state index is 12.1. The molecule has 1 rings (SSSR count). The second kappa shape index (κ2) is 6.45. The van der Waals surface area contributed by atoms with Crippen molar-refractivity contribution < 1.29 is 27.8 Å². The molecule has 0 aliphatic carbocycles. The molecule has 6 heteroatoms. The van der Waals surface area contributed by atoms with E-state index in [2.05, 4.69) is 0 Å². The molecule has 0 radical (unpaired) electrons. The van der Waals surface area contributed by atoms with Crippen LogP contribution in [0.15, 0.2) is 24.3 Å². The van der Waals surface area contributed by atoms with Crippen molar-refractivity contribution in [2.45, 2.75) is 25.4 Å². The maximum Gasteiger partial charge on any atom is 0.389 e. The summed E-state index contributed by atoms with van der Waals surface area (Å²) in [7, 11) is 1.50. The fraction of sp³-hybridized carbons (Fsp3) is 0.462. The van der Waals surface area contributed by atoms with Crippen LogP contribution in [0.2, 0.25) is 0 Å². The molecule has 1 atom stereocenters. The van der Waals surface area contributed by atoms with Crippen LogP contribution in [0.3, 0.4) is 0 Å². The van der Waals surface area contributed by atoms with Crippen molar-refractivity contribution in [3.8, 4) is 5.75 Å². The number of carboxylic acid groups (broad SMARTS) is 1. The van der Waals surface area contributed by atoms with Gasteiger partial charge in [-0.2, -0.15) is 13.2 Å². The van der Waals surface area contributed by atoms with E-state index in [-0.39, 0.29) is 6.42 Å². The second-order valence-corrected chi connectivity index (χ2v) is 4.24. The van der Waals surface area contributed by atoms with Crippen molar-refractivity contribution in [3.05, 3.63) is 29.8 Å². The van der Waals surface area contributed by atoms with E-state index in [1.165, 1.54) is 7.11 Å². The van der Waals surface area contributed by atoms with Crippen molar-refractivity contribution in [2.24, 2.45) is 5.92 Å². The Kier molecular flexibility index (Phi) is 5.20. The van der Waals surface area contributed by atoms with Crippen LogP contribution in [0, 0.1) is 5.92 Å². The van der Waals surface area contributed by atoms with Gasteiger partial charge >= 0.3 is 12.1 Å². The highest BCUT2D eigenvalue weighted by Crippen LogP contribution is 2.26. The van der Waals surface area contributed by atoms with Crippen molar-refractivity contribution in [3.63, 3.8) is 0 Å². The zero-order valence-corrected chi connectivity index (χ0v) is 10.4. The molecular weight excluding hydrogens is 261 g/mol. The lowest BCUT2D eigenvalue weighted by Gasteiger charge is -2.14. The number of alkyl halides is 3. The van der Waals surface area contributed by atoms with Gasteiger partial charge in [0.05, 0.1) is 13.0 Å². The van der Waals surface area contributed by atoms with Crippen molar-refractivity contribution in [2.75, 3.05) is 7.11 Å². The monoisotopic (exact) mass is 276 g/mol. The Balaban J connectivity index is 2.64. The third-order valence-corrected chi connectivity index (χ3v) is 2.77. The van der Waals surface area contributed by atoms with Gasteiger partial charge < -0.3 is 9.84 Å². The first-order chi connectivity index (χ1) is 8.81. The van der Waals surface area contributed by atoms with Crippen LogP contribution in [-0.4, -0.2) is 24.4 Å². The molecule has 19 heavy (non-hydrogen) atoms. The van der Waals surface area contributed by atoms with Crippen LogP contribution in [0.4, 0.5) is 13.2 Å². The number of ether oxygens (including phenoxy) is 1. The lowest BCUT2D eigenvalue weighted by atomic mass is 9.95. The number of hydrogen-bond donors (Lipinski definition) is 1. The Morgan fingerprint density at radius 1 is 1.32 bits per heavy atom. The minimum Gasteiger partial charge on any atom is -0.497 e. The average Bonchev–Trinajstić information content (AvgIpc) is 2.33. The van der Waals surface area contributed by atoms with Gasteiger partial charge in [-0.1, -0.05) is 12.1 Å². The Morgan fingerprint density at radius 3 is 2.32 bits per heavy atom. The predicted molar refractivity (Wildman–Crippen MR) is 63.1 cm³/mol. The molecule has 0 amide bonds. The standard InChI is InChI=1S/C13H15F3O3/c1-19-11-4-2-9(3-5-11)8-10(12(17)18)6-7-13(14,15)16/h2-5,10H,6-8H2,1H3,(H,17,18). The third-order valence-electron chi connectivity index (χ3n) is 2.77. The summed E-state index contributed by atoms with van der Waals surface area (Å²) >= 11 is 0. The molecule has 1 N–H and O–H groups in total. The van der Waals surface area contributed by atoms with Crippen molar-refractivity contribution in [1.29, 1.82) is 0 Å². The summed E-state index contributed by atoms with van der Waals surface area (Å²) in [5.41, 5.74) is 0.676. The van der Waals surface area contributed by atoms with Crippen LogP contribution < -0.4 is 4.74 Å². The molecule has 0 aromatic heterocycles. The Labute approximate surface area is 109 Å². The Bertz CT molecular complexity index is 412. The fourth-order valence-electron chi connectivity index (χ4n) is 1.70. The van der Waals surface area contributed by atoms with E-state index < -0.39 is 30.9 Å². The predicted octanol–water partition coefficient (Wildman–Crippen LogP) is 3.28. The number of carbonyl (C=O) groups is 1. The van der Waals surface area contributed by atoms with E-state index in [1.807, 2.05) is 0 Å². The molecule has 0 saturated carbocycles. The molecule has 0 bridgehead atoms. The minimum atomic E-state index is -4.33. The molecule has 1 unspecified atom stereocenters. The molecule has 0 saturated heterocycles. The van der Waals surface area contributed by atoms with Gasteiger partial charge in [-0.05, 0) is 30.5 Å². The zero-order chi connectivity index (χ0) is 14.5. The molecule has 106 valence electrons. The second-order valence-electron chi connectivity index (χ2n) is 4.24. The quantitative estimate of drug-likeness (QED) is 0.867. The number of rotatable bonds is 6. The Hall–Kier alpha value is -1.72. The van der Waals surface area contributed by atoms with E-state index in [0.29, 0.717) is 11.3 Å². The van der Waals surface area contributed by atoms with Gasteiger partial charge in [0.15, 0.2) is 0 Å². The summed E-state index contributed by atoms with van der Waals surface area (Å²) < 4.78 is 41.3. The molecule has 0 fully saturated rings. The SMILES string of the molecule is COc1ccc(CC(CCC(F)(F)F)C(=O)O)cc1. The van der Waals surface area contributed by atoms with Crippen LogP contribution in [0.5, 0.6) is 5.75 Å². The lowest BCUT2D eigenvalue weighted by molar-refractivity contribution is -0.148. The minimum absolute atomic E-state index is 0.0788. The van der Waals surface area contributed by atoms with Gasteiger partial charge in [0, 0.05) is 6.42 Å². The average molecular weight is 276 g/mol. The van der Waals surface area contributed by atoms with Gasteiger partial charge in [-0.15, -0.1) is 0 Å². The summed E-state index contributed by atoms with van der Waals surface area (Å²) in [6.07, 6.45) is -5.74. The summed E-state index contributed by atoms with van der Waals surface area (Å²) in [5, 5.41) is 8.94. The van der Waals surface area contributed by atoms with Crippen molar-refractivity contribution in [1.82, 2.24) is 0 Å². The largest absolute Gasteiger partial charge is 0.497 e. The first-order valence-electron chi connectivity index (χ1n) is 5.74. The highest BCUT2D eigenvalue weighted by Gasteiger charge is 2.30. The molecule has 1 aromatic rings. The van der Waals surface area contributed by atoms with Crippen LogP contribution in [-0.2, 0) is 11.2 Å². The van der Waals surface area contributed by atoms with Gasteiger partial charge in [0.1, 0.15) is 5.75 Å². The third kappa shape index (κ3) is 5.63. The summed E-state index contributed by atoms with van der Waals surface area (Å²) in [6.45, 7) is 0. The molecule has 0 aliphatic rings. The summed E-state index contributed by atoms with van der Waals surface area (Å²) in [4.78, 5) is 11.0. The van der Waals surface area contributed by atoms with Crippen LogP contribution >= 0.6 is 0 Å². The number of benzene rings is 1. The highest BCUT2D eigenvalue weighted by atomic mass is 19.4. The Morgan fingerprint density at radius 2 is 1.89 bits per heavy atom. The lowest BCUT2D eigenvalue weighted by Crippen LogP contribution is -2.20. The zero-order valence-electron chi connectivity index (χ0n) is 10.4. The van der Waals surface area contributed by atoms with E-state index in [9.17, 15) is 18.0 Å². The summed E-state index contributed by atoms with van der Waals surface area (Å²) in [5.74, 6) is -1.62. The van der Waals surface area contributed by atoms with Gasteiger partial charge in [-0.25, -0.2) is 0 Å². The number of halogens is 3. The van der Waals surface area contributed by atoms with E-state index in [0.717, 1.165) is 0 Å². The number of aliphatic carboxylic acids is 1. The number of methoxy groups -OCH3 is 1. The maximum atomic E-state index is 12.1. The van der Waals surface area contributed by atoms with Crippen LogP contribution in [0.1, 0.15) is 18.4 Å². The smallest absolute Gasteiger partial charge is 0.389 e. The molecule has 0 spiro atoms. The first-order valence-corrected chi connectivity index (χ1v) is 5.74. The summed E-state index contributed by atoms with van der Waals surface area (Å²) in [6, 6.07) is 6.61. The molecule has 1 aromatic carbocycles. The topological polar surface area (TPSA) is 46.5 Å². The molecule has 3 nitrogen and oxygen atoms in total. The van der Waals surface area contributed by atoms with E-state index in [4.69, 9.17) is 9.84 Å². The molecular formula is C13H15F3O3. The number of hydrogen-bond acceptors (Lipinski definition) is 2. The van der Waals surface area contributed by atoms with E-state index in [1.54, 1.807) is 24.3 Å². The van der Waals surface area contributed by atoms with Gasteiger partial charge in [0.2, 0.25) is 0 Å². The molecule has 0 aliphatic heterocycles. The van der Waals surface area contributed by atoms with Crippen molar-refractivity contribution >= 4 is 5.97 Å². The number of carboxylic acids is 1. The van der Waals surface area contributed by atoms with Crippen LogP contribution in [0.25, 0.3) is 0 Å². The first kappa shape index (κ1) is 15.3. The fourth-order valence-corrected chi connectivity index (χ4v) is 1.70. The van der Waals surface area contributed by atoms with Gasteiger partial charge in [-0.3, -0.25) is 4.79 Å². The normalized spacial score (nSPS) is 13.1. The molecule has 0 heterocycles. The van der Waals surface area contributed by atoms with E-state index >= 15 is 0 Å². The highest BCUT2D eigenvalue weighted by molar-refractivity contribution is 5.70.